The molecule has 98 valence electrons. The SMILES string of the molecule is COc1ccccc1CC1(C(=O)O)CCNCC1. The number of nitrogens with one attached hydrogen (secondary N) is 1. The van der Waals surface area contributed by atoms with Gasteiger partial charge >= 0.3 is 5.97 Å². The Hall–Kier alpha value is -1.55. The van der Waals surface area contributed by atoms with Gasteiger partial charge in [-0.1, -0.05) is 18.2 Å². The van der Waals surface area contributed by atoms with E-state index in [0.717, 1.165) is 24.4 Å². The Balaban J connectivity index is 2.26. The Labute approximate surface area is 107 Å². The summed E-state index contributed by atoms with van der Waals surface area (Å²) in [4.78, 5) is 11.6. The Kier molecular flexibility index (Phi) is 3.87. The zero-order chi connectivity index (χ0) is 13.0. The van der Waals surface area contributed by atoms with E-state index >= 15 is 0 Å². The molecule has 1 aromatic rings. The quantitative estimate of drug-likeness (QED) is 0.852. The Morgan fingerprint density at radius 1 is 1.39 bits per heavy atom. The first-order chi connectivity index (χ1) is 8.68. The van der Waals surface area contributed by atoms with Crippen LogP contribution in [0.1, 0.15) is 18.4 Å². The lowest BCUT2D eigenvalue weighted by atomic mass is 9.74. The van der Waals surface area contributed by atoms with Gasteiger partial charge in [0, 0.05) is 0 Å². The summed E-state index contributed by atoms with van der Waals surface area (Å²) in [6.45, 7) is 1.53. The molecule has 0 spiro atoms. The fourth-order valence-corrected chi connectivity index (χ4v) is 2.59. The number of para-hydroxylation sites is 1. The van der Waals surface area contributed by atoms with Crippen molar-refractivity contribution in [2.75, 3.05) is 20.2 Å². The summed E-state index contributed by atoms with van der Waals surface area (Å²) < 4.78 is 5.30. The zero-order valence-corrected chi connectivity index (χ0v) is 10.6. The number of ether oxygens (including phenoxy) is 1. The maximum atomic E-state index is 11.6. The molecule has 0 bridgehead atoms. The van der Waals surface area contributed by atoms with Crippen molar-refractivity contribution in [3.05, 3.63) is 29.8 Å². The van der Waals surface area contributed by atoms with E-state index in [1.165, 1.54) is 0 Å². The summed E-state index contributed by atoms with van der Waals surface area (Å²) >= 11 is 0. The lowest BCUT2D eigenvalue weighted by Crippen LogP contribution is -2.43. The van der Waals surface area contributed by atoms with Gasteiger partial charge in [-0.15, -0.1) is 0 Å². The topological polar surface area (TPSA) is 58.6 Å². The number of benzene rings is 1. The van der Waals surface area contributed by atoms with Crippen LogP contribution in [0.15, 0.2) is 24.3 Å². The van der Waals surface area contributed by atoms with Crippen LogP contribution in [0.4, 0.5) is 0 Å². The molecule has 1 aliphatic heterocycles. The molecule has 18 heavy (non-hydrogen) atoms. The standard InChI is InChI=1S/C14H19NO3/c1-18-12-5-3-2-4-11(12)10-14(13(16)17)6-8-15-9-7-14/h2-5,15H,6-10H2,1H3,(H,16,17). The maximum absolute atomic E-state index is 11.6. The van der Waals surface area contributed by atoms with Gasteiger partial charge in [0.15, 0.2) is 0 Å². The normalized spacial score (nSPS) is 18.3. The minimum atomic E-state index is -0.699. The van der Waals surface area contributed by atoms with Crippen LogP contribution in [-0.4, -0.2) is 31.3 Å². The molecule has 1 aromatic carbocycles. The molecule has 0 unspecified atom stereocenters. The highest BCUT2D eigenvalue weighted by Gasteiger charge is 2.40. The van der Waals surface area contributed by atoms with E-state index < -0.39 is 11.4 Å². The van der Waals surface area contributed by atoms with Gasteiger partial charge in [-0.05, 0) is 44.0 Å². The van der Waals surface area contributed by atoms with Crippen LogP contribution in [0.25, 0.3) is 0 Å². The second-order valence-corrected chi connectivity index (χ2v) is 4.82. The third-order valence-corrected chi connectivity index (χ3v) is 3.74. The average Bonchev–Trinajstić information content (AvgIpc) is 2.40. The summed E-state index contributed by atoms with van der Waals surface area (Å²) in [6, 6.07) is 7.66. The van der Waals surface area contributed by atoms with Gasteiger partial charge < -0.3 is 15.2 Å². The zero-order valence-electron chi connectivity index (χ0n) is 10.6. The molecule has 1 fully saturated rings. The number of hydrogen-bond acceptors (Lipinski definition) is 3. The fraction of sp³-hybridized carbons (Fsp3) is 0.500. The molecule has 0 aromatic heterocycles. The van der Waals surface area contributed by atoms with E-state index in [2.05, 4.69) is 5.32 Å². The Bertz CT molecular complexity index is 425. The molecular formula is C14H19NO3. The van der Waals surface area contributed by atoms with E-state index in [1.54, 1.807) is 7.11 Å². The maximum Gasteiger partial charge on any atom is 0.310 e. The van der Waals surface area contributed by atoms with E-state index in [9.17, 15) is 9.90 Å². The Morgan fingerprint density at radius 2 is 2.06 bits per heavy atom. The van der Waals surface area contributed by atoms with Crippen molar-refractivity contribution in [3.63, 3.8) is 0 Å². The molecule has 0 aliphatic carbocycles. The second-order valence-electron chi connectivity index (χ2n) is 4.82. The first-order valence-corrected chi connectivity index (χ1v) is 6.24. The van der Waals surface area contributed by atoms with E-state index in [1.807, 2.05) is 24.3 Å². The molecule has 0 atom stereocenters. The molecule has 1 aliphatic rings. The van der Waals surface area contributed by atoms with Crippen LogP contribution in [-0.2, 0) is 11.2 Å². The molecule has 1 heterocycles. The average molecular weight is 249 g/mol. The number of hydrogen-bond donors (Lipinski definition) is 2. The monoisotopic (exact) mass is 249 g/mol. The van der Waals surface area contributed by atoms with Crippen molar-refractivity contribution < 1.29 is 14.6 Å². The molecular weight excluding hydrogens is 230 g/mol. The third kappa shape index (κ3) is 2.48. The van der Waals surface area contributed by atoms with Gasteiger partial charge in [0.25, 0.3) is 0 Å². The van der Waals surface area contributed by atoms with Crippen LogP contribution in [0.5, 0.6) is 5.75 Å². The van der Waals surface area contributed by atoms with Crippen LogP contribution >= 0.6 is 0 Å². The van der Waals surface area contributed by atoms with Crippen molar-refractivity contribution >= 4 is 5.97 Å². The molecule has 4 nitrogen and oxygen atoms in total. The predicted octanol–water partition coefficient (Wildman–Crippen LogP) is 1.69. The van der Waals surface area contributed by atoms with Gasteiger partial charge in [0.1, 0.15) is 5.75 Å². The van der Waals surface area contributed by atoms with Crippen LogP contribution in [0, 0.1) is 5.41 Å². The lowest BCUT2D eigenvalue weighted by molar-refractivity contribution is -0.150. The molecule has 0 amide bonds. The van der Waals surface area contributed by atoms with E-state index in [4.69, 9.17) is 4.74 Å². The molecule has 2 rings (SSSR count). The lowest BCUT2D eigenvalue weighted by Gasteiger charge is -2.34. The first-order valence-electron chi connectivity index (χ1n) is 6.24. The smallest absolute Gasteiger partial charge is 0.310 e. The van der Waals surface area contributed by atoms with Crippen LogP contribution < -0.4 is 10.1 Å². The van der Waals surface area contributed by atoms with E-state index in [0.29, 0.717) is 19.3 Å². The van der Waals surface area contributed by atoms with Crippen LogP contribution in [0.3, 0.4) is 0 Å². The van der Waals surface area contributed by atoms with Gasteiger partial charge in [0.2, 0.25) is 0 Å². The second kappa shape index (κ2) is 5.40. The van der Waals surface area contributed by atoms with Crippen molar-refractivity contribution in [1.29, 1.82) is 0 Å². The summed E-state index contributed by atoms with van der Waals surface area (Å²) in [7, 11) is 1.62. The largest absolute Gasteiger partial charge is 0.496 e. The predicted molar refractivity (Wildman–Crippen MR) is 68.9 cm³/mol. The van der Waals surface area contributed by atoms with Crippen molar-refractivity contribution in [3.8, 4) is 5.75 Å². The summed E-state index contributed by atoms with van der Waals surface area (Å²) in [6.07, 6.45) is 1.87. The minimum Gasteiger partial charge on any atom is -0.496 e. The molecule has 2 N–H and O–H groups in total. The summed E-state index contributed by atoms with van der Waals surface area (Å²) in [5.74, 6) is 0.0755. The Morgan fingerprint density at radius 3 is 2.67 bits per heavy atom. The molecule has 4 heteroatoms. The number of carboxylic acids is 1. The fourth-order valence-electron chi connectivity index (χ4n) is 2.59. The number of rotatable bonds is 4. The van der Waals surface area contributed by atoms with Crippen molar-refractivity contribution in [2.24, 2.45) is 5.41 Å². The minimum absolute atomic E-state index is 0.536. The van der Waals surface area contributed by atoms with Gasteiger partial charge in [-0.3, -0.25) is 4.79 Å². The van der Waals surface area contributed by atoms with Crippen molar-refractivity contribution in [2.45, 2.75) is 19.3 Å². The molecule has 0 radical (unpaired) electrons. The van der Waals surface area contributed by atoms with Gasteiger partial charge in [-0.25, -0.2) is 0 Å². The number of piperidine rings is 1. The summed E-state index contributed by atoms with van der Waals surface area (Å²) in [5, 5.41) is 12.8. The number of carboxylic acid groups (broad SMARTS) is 1. The van der Waals surface area contributed by atoms with E-state index in [-0.39, 0.29) is 0 Å². The first kappa shape index (κ1) is 12.9. The van der Waals surface area contributed by atoms with Crippen LogP contribution in [0.2, 0.25) is 0 Å². The molecule has 0 saturated carbocycles. The highest BCUT2D eigenvalue weighted by molar-refractivity contribution is 5.75. The molecule has 1 saturated heterocycles. The highest BCUT2D eigenvalue weighted by Crippen LogP contribution is 2.35. The number of aliphatic carboxylic acids is 1. The van der Waals surface area contributed by atoms with Gasteiger partial charge in [-0.2, -0.15) is 0 Å². The van der Waals surface area contributed by atoms with Gasteiger partial charge in [0.05, 0.1) is 12.5 Å². The highest BCUT2D eigenvalue weighted by atomic mass is 16.5. The number of carbonyl (C=O) groups is 1. The third-order valence-electron chi connectivity index (χ3n) is 3.74. The summed E-state index contributed by atoms with van der Waals surface area (Å²) in [5.41, 5.74) is 0.323. The van der Waals surface area contributed by atoms with Crippen molar-refractivity contribution in [1.82, 2.24) is 5.32 Å². The number of methoxy groups -OCH3 is 1.